The molecule has 1 unspecified atom stereocenters. The van der Waals surface area contributed by atoms with E-state index in [-0.39, 0.29) is 0 Å². The maximum atomic E-state index is 10.8. The van der Waals surface area contributed by atoms with Gasteiger partial charge in [-0.15, -0.1) is 0 Å². The van der Waals surface area contributed by atoms with Crippen molar-refractivity contribution in [2.45, 2.75) is 121 Å². The van der Waals surface area contributed by atoms with Crippen molar-refractivity contribution in [2.24, 2.45) is 0 Å². The summed E-state index contributed by atoms with van der Waals surface area (Å²) in [6.07, 6.45) is 17.8. The molecule has 1 atom stereocenters. The van der Waals surface area contributed by atoms with E-state index in [2.05, 4.69) is 6.92 Å². The molecule has 0 aromatic carbocycles. The Morgan fingerprint density at radius 1 is 0.714 bits per heavy atom. The molecule has 170 valence electrons. The predicted octanol–water partition coefficient (Wildman–Crippen LogP) is 5.77. The van der Waals surface area contributed by atoms with Crippen LogP contribution in [0, 0.1) is 0 Å². The molecule has 0 amide bonds. The molecule has 0 saturated carbocycles. The number of aliphatic hydroxyl groups excluding tert-OH is 1. The van der Waals surface area contributed by atoms with Crippen LogP contribution >= 0.6 is 6.29 Å². The Labute approximate surface area is 179 Å². The Bertz CT molecular complexity index is 365. The SMILES string of the molecule is CCCCCCCCCCCCCCCCCCOCCC(O)[Se]P(=O)(O)O. The van der Waals surface area contributed by atoms with Gasteiger partial charge in [0.1, 0.15) is 0 Å². The van der Waals surface area contributed by atoms with Crippen LogP contribution in [-0.4, -0.2) is 47.6 Å². The zero-order valence-corrected chi connectivity index (χ0v) is 20.6. The molecule has 0 saturated heterocycles. The first kappa shape index (κ1) is 28.6. The van der Waals surface area contributed by atoms with Crippen LogP contribution in [-0.2, 0) is 9.30 Å². The number of aliphatic hydroxyl groups is 1. The fourth-order valence-electron chi connectivity index (χ4n) is 3.25. The summed E-state index contributed by atoms with van der Waals surface area (Å²) in [5, 5.41) is 8.57. The van der Waals surface area contributed by atoms with Crippen molar-refractivity contribution in [3.63, 3.8) is 0 Å². The molecular weight excluding hydrogens is 442 g/mol. The van der Waals surface area contributed by atoms with Crippen molar-refractivity contribution in [3.05, 3.63) is 0 Å². The Kier molecular flexibility index (Phi) is 21.3. The van der Waals surface area contributed by atoms with Crippen LogP contribution in [0.25, 0.3) is 0 Å². The summed E-state index contributed by atoms with van der Waals surface area (Å²) in [5.41, 5.74) is 0. The Morgan fingerprint density at radius 3 is 1.50 bits per heavy atom. The topological polar surface area (TPSA) is 87.0 Å². The van der Waals surface area contributed by atoms with Crippen LogP contribution in [0.1, 0.15) is 116 Å². The van der Waals surface area contributed by atoms with E-state index in [1.165, 1.54) is 96.3 Å². The number of ether oxygens (including phenoxy) is 1. The van der Waals surface area contributed by atoms with Gasteiger partial charge in [0.2, 0.25) is 0 Å². The van der Waals surface area contributed by atoms with Crippen LogP contribution in [0.3, 0.4) is 0 Å². The van der Waals surface area contributed by atoms with E-state index in [0.717, 1.165) is 6.42 Å². The zero-order chi connectivity index (χ0) is 20.9. The first-order valence-corrected chi connectivity index (χ1v) is 16.3. The molecule has 0 aliphatic carbocycles. The molecule has 3 N–H and O–H groups in total. The normalized spacial score (nSPS) is 13.1. The molecule has 7 heteroatoms. The van der Waals surface area contributed by atoms with Crippen molar-refractivity contribution in [2.75, 3.05) is 13.2 Å². The molecule has 0 aromatic heterocycles. The van der Waals surface area contributed by atoms with Crippen LogP contribution in [0.4, 0.5) is 0 Å². The molecule has 0 radical (unpaired) electrons. The van der Waals surface area contributed by atoms with Gasteiger partial charge in [0.05, 0.1) is 0 Å². The molecule has 5 nitrogen and oxygen atoms in total. The van der Waals surface area contributed by atoms with E-state index in [4.69, 9.17) is 14.5 Å². The summed E-state index contributed by atoms with van der Waals surface area (Å²) in [4.78, 5) is 17.6. The predicted molar refractivity (Wildman–Crippen MR) is 119 cm³/mol. The summed E-state index contributed by atoms with van der Waals surface area (Å²) in [6.45, 7) is 3.32. The molecule has 0 bridgehead atoms. The van der Waals surface area contributed by atoms with E-state index in [9.17, 15) is 9.67 Å². The Morgan fingerprint density at radius 2 is 1.11 bits per heavy atom. The molecule has 0 fully saturated rings. The molecular formula is C21H45O5PSe. The molecule has 0 heterocycles. The molecule has 0 aliphatic rings. The van der Waals surface area contributed by atoms with E-state index in [1.807, 2.05) is 0 Å². The maximum absolute atomic E-state index is 10.8. The summed E-state index contributed by atoms with van der Waals surface area (Å²) in [6, 6.07) is 0. The van der Waals surface area contributed by atoms with Crippen LogP contribution in [0.2, 0.25) is 0 Å². The van der Waals surface area contributed by atoms with Crippen molar-refractivity contribution in [1.29, 1.82) is 0 Å². The number of hydrogen-bond donors (Lipinski definition) is 3. The van der Waals surface area contributed by atoms with Crippen LogP contribution in [0.5, 0.6) is 0 Å². The van der Waals surface area contributed by atoms with Gasteiger partial charge in [-0.05, 0) is 0 Å². The number of unbranched alkanes of at least 4 members (excludes halogenated alkanes) is 15. The van der Waals surface area contributed by atoms with Crippen molar-refractivity contribution in [1.82, 2.24) is 0 Å². The van der Waals surface area contributed by atoms with Gasteiger partial charge in [-0.2, -0.15) is 0 Å². The fraction of sp³-hybridized carbons (Fsp3) is 1.00. The Balaban J connectivity index is 3.11. The average molecular weight is 488 g/mol. The third-order valence-electron chi connectivity index (χ3n) is 4.91. The second kappa shape index (κ2) is 20.8. The summed E-state index contributed by atoms with van der Waals surface area (Å²) < 4.78 is 16.2. The third-order valence-corrected chi connectivity index (χ3v) is 9.18. The van der Waals surface area contributed by atoms with Gasteiger partial charge in [0.25, 0.3) is 0 Å². The quantitative estimate of drug-likeness (QED) is 0.103. The van der Waals surface area contributed by atoms with Gasteiger partial charge < -0.3 is 0 Å². The van der Waals surface area contributed by atoms with Gasteiger partial charge >= 0.3 is 115 Å². The molecule has 0 spiro atoms. The van der Waals surface area contributed by atoms with E-state index in [1.54, 1.807) is 0 Å². The van der Waals surface area contributed by atoms with Gasteiger partial charge in [-0.25, -0.2) is 0 Å². The summed E-state index contributed by atoms with van der Waals surface area (Å²) in [5.74, 6) is 0. The minimum absolute atomic E-state index is 0.309. The Hall–Kier alpha value is 0.589. The third kappa shape index (κ3) is 24.6. The fourth-order valence-corrected chi connectivity index (χ4v) is 6.53. The van der Waals surface area contributed by atoms with Gasteiger partial charge in [0, 0.05) is 0 Å². The second-order valence-corrected chi connectivity index (χ2v) is 14.4. The van der Waals surface area contributed by atoms with Crippen molar-refractivity contribution < 1.29 is 24.2 Å². The standard InChI is InChI=1S/C21H45O5PSe/c1-2-3-4-5-6-7-8-9-10-11-12-13-14-15-16-17-19-26-20-18-21(22)28-27(23,24)25/h21-22H,2-20H2,1H3,(H2,23,24,25). The number of hydrogen-bond acceptors (Lipinski definition) is 3. The molecule has 0 aromatic rings. The van der Waals surface area contributed by atoms with Crippen LogP contribution < -0.4 is 0 Å². The minimum atomic E-state index is -4.06. The van der Waals surface area contributed by atoms with E-state index >= 15 is 0 Å². The second-order valence-electron chi connectivity index (χ2n) is 7.75. The van der Waals surface area contributed by atoms with Gasteiger partial charge in [-0.1, -0.05) is 64.7 Å². The van der Waals surface area contributed by atoms with E-state index < -0.39 is 25.8 Å². The monoisotopic (exact) mass is 488 g/mol. The van der Waals surface area contributed by atoms with Gasteiger partial charge in [0.15, 0.2) is 0 Å². The molecule has 28 heavy (non-hydrogen) atoms. The number of rotatable bonds is 22. The first-order chi connectivity index (χ1) is 13.5. The van der Waals surface area contributed by atoms with Gasteiger partial charge in [-0.3, -0.25) is 0 Å². The average Bonchev–Trinajstić information content (AvgIpc) is 2.62. The summed E-state index contributed by atoms with van der Waals surface area (Å²) >= 11 is -1.05. The molecule has 0 aliphatic heterocycles. The molecule has 0 rings (SSSR count). The first-order valence-electron chi connectivity index (χ1n) is 11.5. The van der Waals surface area contributed by atoms with Crippen molar-refractivity contribution >= 4 is 20.8 Å². The van der Waals surface area contributed by atoms with Crippen molar-refractivity contribution in [3.8, 4) is 0 Å². The van der Waals surface area contributed by atoms with E-state index in [0.29, 0.717) is 19.6 Å². The zero-order valence-electron chi connectivity index (χ0n) is 18.0. The van der Waals surface area contributed by atoms with Crippen LogP contribution in [0.15, 0.2) is 0 Å². The summed E-state index contributed by atoms with van der Waals surface area (Å²) in [7, 11) is 0.